The van der Waals surface area contributed by atoms with Gasteiger partial charge in [-0.2, -0.15) is 0 Å². The van der Waals surface area contributed by atoms with Crippen molar-refractivity contribution < 1.29 is 12.4 Å². The van der Waals surface area contributed by atoms with E-state index in [0.29, 0.717) is 0 Å². The Morgan fingerprint density at radius 3 is 1.42 bits per heavy atom. The molecule has 188 valence electrons. The molecular formula is C31H36ClN4-. The molecule has 4 aromatic rings. The van der Waals surface area contributed by atoms with Crippen LogP contribution in [0.25, 0.3) is 21.8 Å². The number of pyridine rings is 2. The summed E-state index contributed by atoms with van der Waals surface area (Å²) in [6, 6.07) is 18.2. The van der Waals surface area contributed by atoms with E-state index in [9.17, 15) is 0 Å². The van der Waals surface area contributed by atoms with E-state index >= 15 is 0 Å². The zero-order chi connectivity index (χ0) is 23.8. The van der Waals surface area contributed by atoms with Crippen LogP contribution in [0.1, 0.15) is 60.8 Å². The van der Waals surface area contributed by atoms with Gasteiger partial charge in [-0.25, -0.2) is 9.97 Å². The number of anilines is 2. The largest absolute Gasteiger partial charge is 1.00 e. The fourth-order valence-corrected chi connectivity index (χ4v) is 5.87. The van der Waals surface area contributed by atoms with E-state index in [0.717, 1.165) is 55.3 Å². The van der Waals surface area contributed by atoms with Crippen molar-refractivity contribution in [3.8, 4) is 0 Å². The van der Waals surface area contributed by atoms with Gasteiger partial charge in [0.2, 0.25) is 0 Å². The Morgan fingerprint density at radius 2 is 1.00 bits per heavy atom. The van der Waals surface area contributed by atoms with Gasteiger partial charge in [-0.15, -0.1) is 0 Å². The van der Waals surface area contributed by atoms with E-state index in [1.54, 1.807) is 0 Å². The topological polar surface area (TPSA) is 32.3 Å². The number of aromatic nitrogens is 2. The minimum atomic E-state index is 0. The molecule has 2 aliphatic rings. The molecular weight excluding hydrogens is 464 g/mol. The lowest BCUT2D eigenvalue weighted by Gasteiger charge is -2.28. The van der Waals surface area contributed by atoms with Crippen molar-refractivity contribution in [1.82, 2.24) is 9.97 Å². The first-order chi connectivity index (χ1) is 17.1. The van der Waals surface area contributed by atoms with Gasteiger partial charge in [0.05, 0.1) is 11.0 Å². The summed E-state index contributed by atoms with van der Waals surface area (Å²) in [5, 5.41) is 2.54. The molecule has 0 aliphatic carbocycles. The quantitative estimate of drug-likeness (QED) is 0.425. The Labute approximate surface area is 221 Å². The monoisotopic (exact) mass is 499 g/mol. The summed E-state index contributed by atoms with van der Waals surface area (Å²) >= 11 is 0. The number of nitrogens with zero attached hydrogens (tertiary/aromatic N) is 4. The highest BCUT2D eigenvalue weighted by Gasteiger charge is 2.15. The van der Waals surface area contributed by atoms with Gasteiger partial charge in [-0.1, -0.05) is 12.1 Å². The molecule has 2 fully saturated rings. The lowest BCUT2D eigenvalue weighted by molar-refractivity contribution is -0.00000723. The predicted molar refractivity (Wildman–Crippen MR) is 148 cm³/mol. The van der Waals surface area contributed by atoms with Crippen molar-refractivity contribution in [3.05, 3.63) is 70.8 Å². The Hall–Kier alpha value is -2.85. The average Bonchev–Trinajstić information content (AvgIpc) is 2.90. The van der Waals surface area contributed by atoms with Gasteiger partial charge in [0, 0.05) is 37.0 Å². The van der Waals surface area contributed by atoms with Gasteiger partial charge in [0.25, 0.3) is 0 Å². The molecule has 5 heteroatoms. The van der Waals surface area contributed by atoms with Crippen LogP contribution in [0.2, 0.25) is 0 Å². The van der Waals surface area contributed by atoms with Crippen LogP contribution in [0.15, 0.2) is 48.5 Å². The number of fused-ring (bicyclic) bond motifs is 2. The van der Waals surface area contributed by atoms with E-state index in [1.807, 2.05) is 0 Å². The molecule has 0 unspecified atom stereocenters. The van der Waals surface area contributed by atoms with Gasteiger partial charge in [0.15, 0.2) is 0 Å². The van der Waals surface area contributed by atoms with Crippen LogP contribution in [-0.4, -0.2) is 36.1 Å². The van der Waals surface area contributed by atoms with Crippen molar-refractivity contribution in [2.24, 2.45) is 0 Å². The molecule has 0 bridgehead atoms. The number of piperidine rings is 2. The molecule has 36 heavy (non-hydrogen) atoms. The van der Waals surface area contributed by atoms with Crippen LogP contribution in [0, 0.1) is 13.8 Å². The highest BCUT2D eigenvalue weighted by Crippen LogP contribution is 2.28. The van der Waals surface area contributed by atoms with E-state index in [-0.39, 0.29) is 12.4 Å². The molecule has 0 spiro atoms. The van der Waals surface area contributed by atoms with Crippen LogP contribution >= 0.6 is 0 Å². The zero-order valence-corrected chi connectivity index (χ0v) is 22.3. The number of rotatable bonds is 4. The van der Waals surface area contributed by atoms with Crippen molar-refractivity contribution in [2.75, 3.05) is 36.0 Å². The molecule has 0 atom stereocenters. The summed E-state index contributed by atoms with van der Waals surface area (Å²) in [5.74, 6) is 2.28. The summed E-state index contributed by atoms with van der Waals surface area (Å²) in [5.41, 5.74) is 7.53. The minimum absolute atomic E-state index is 0. The fraction of sp³-hybridized carbons (Fsp3) is 0.419. The lowest BCUT2D eigenvalue weighted by Crippen LogP contribution is -3.00. The fourth-order valence-electron chi connectivity index (χ4n) is 5.87. The molecule has 0 saturated carbocycles. The summed E-state index contributed by atoms with van der Waals surface area (Å²) < 4.78 is 0. The molecule has 0 radical (unpaired) electrons. The lowest BCUT2D eigenvalue weighted by atomic mass is 9.98. The second-order valence-electron chi connectivity index (χ2n) is 10.6. The van der Waals surface area contributed by atoms with Gasteiger partial charge < -0.3 is 22.2 Å². The molecule has 2 aromatic heterocycles. The molecule has 2 aromatic carbocycles. The number of aryl methyl sites for hydroxylation is 2. The normalized spacial score (nSPS) is 16.4. The van der Waals surface area contributed by atoms with E-state index in [2.05, 4.69) is 72.2 Å². The number of benzene rings is 2. The van der Waals surface area contributed by atoms with Crippen molar-refractivity contribution in [1.29, 1.82) is 0 Å². The third-order valence-electron chi connectivity index (χ3n) is 7.90. The molecule has 2 saturated heterocycles. The summed E-state index contributed by atoms with van der Waals surface area (Å²) in [4.78, 5) is 14.9. The van der Waals surface area contributed by atoms with Gasteiger partial charge in [-0.05, 0) is 117 Å². The van der Waals surface area contributed by atoms with E-state index < -0.39 is 0 Å². The summed E-state index contributed by atoms with van der Waals surface area (Å²) in [7, 11) is 0. The third kappa shape index (κ3) is 5.01. The van der Waals surface area contributed by atoms with Crippen LogP contribution in [-0.2, 0) is 6.42 Å². The maximum absolute atomic E-state index is 5.02. The Balaban J connectivity index is 0.00000267. The highest BCUT2D eigenvalue weighted by atomic mass is 35.5. The molecule has 0 N–H and O–H groups in total. The van der Waals surface area contributed by atoms with Crippen molar-refractivity contribution in [3.63, 3.8) is 0 Å². The molecule has 6 rings (SSSR count). The van der Waals surface area contributed by atoms with Crippen LogP contribution in [0.4, 0.5) is 11.6 Å². The van der Waals surface area contributed by atoms with Gasteiger partial charge in [-0.3, -0.25) is 0 Å². The Bertz CT molecular complexity index is 1270. The second-order valence-corrected chi connectivity index (χ2v) is 10.6. The predicted octanol–water partition coefficient (Wildman–Crippen LogP) is 3.98. The maximum atomic E-state index is 5.02. The molecule has 4 nitrogen and oxygen atoms in total. The summed E-state index contributed by atoms with van der Waals surface area (Å²) in [6.07, 6.45) is 8.71. The average molecular weight is 500 g/mol. The van der Waals surface area contributed by atoms with Gasteiger partial charge in [0.1, 0.15) is 11.6 Å². The van der Waals surface area contributed by atoms with E-state index in [1.165, 1.54) is 71.6 Å². The van der Waals surface area contributed by atoms with E-state index in [4.69, 9.17) is 9.97 Å². The first-order valence-electron chi connectivity index (χ1n) is 13.4. The highest BCUT2D eigenvalue weighted by molar-refractivity contribution is 5.86. The first-order valence-corrected chi connectivity index (χ1v) is 13.4. The maximum Gasteiger partial charge on any atom is 0.129 e. The molecule has 2 aliphatic heterocycles. The Kier molecular flexibility index (Phi) is 7.34. The number of hydrogen-bond donors (Lipinski definition) is 0. The van der Waals surface area contributed by atoms with Crippen molar-refractivity contribution >= 4 is 33.4 Å². The standard InChI is InChI=1S/C31H36N4.ClH/c1-22-17-30(34-13-5-3-6-14-34)32-28-11-9-24(20-26(22)28)19-25-10-12-29-27(21-25)23(2)18-31(33-29)35-15-7-4-8-16-35;/h9-12,17-18,20-21H,3-8,13-16,19H2,1-2H3;1H/p-1. The van der Waals surface area contributed by atoms with Gasteiger partial charge >= 0.3 is 0 Å². The first kappa shape index (κ1) is 24.8. The smallest absolute Gasteiger partial charge is 0.129 e. The third-order valence-corrected chi connectivity index (χ3v) is 7.90. The second kappa shape index (κ2) is 10.6. The van der Waals surface area contributed by atoms with Crippen LogP contribution in [0.3, 0.4) is 0 Å². The molecule has 0 amide bonds. The number of halogens is 1. The number of hydrogen-bond acceptors (Lipinski definition) is 4. The van der Waals surface area contributed by atoms with Crippen LogP contribution in [0.5, 0.6) is 0 Å². The molecule has 4 heterocycles. The van der Waals surface area contributed by atoms with Crippen molar-refractivity contribution in [2.45, 2.75) is 58.8 Å². The van der Waals surface area contributed by atoms with Crippen LogP contribution < -0.4 is 22.2 Å². The Morgan fingerprint density at radius 1 is 0.583 bits per heavy atom. The summed E-state index contributed by atoms with van der Waals surface area (Å²) in [6.45, 7) is 8.98. The minimum Gasteiger partial charge on any atom is -1.00 e. The zero-order valence-electron chi connectivity index (χ0n) is 21.6. The SMILES string of the molecule is Cc1cc(N2CCCCC2)nc2ccc(Cc3ccc4nc(N5CCCCC5)cc(C)c4c3)cc12.[Cl-].